The minimum absolute atomic E-state index is 0.747. The third kappa shape index (κ3) is 3.58. The van der Waals surface area contributed by atoms with Gasteiger partial charge in [-0.05, 0) is 48.5 Å². The number of benzene rings is 5. The number of para-hydroxylation sites is 2. The molecule has 0 fully saturated rings. The molecule has 5 aromatic carbocycles. The summed E-state index contributed by atoms with van der Waals surface area (Å²) in [6.45, 7) is 0. The van der Waals surface area contributed by atoms with Crippen LogP contribution < -0.4 is 4.90 Å². The van der Waals surface area contributed by atoms with Gasteiger partial charge in [-0.2, -0.15) is 0 Å². The Morgan fingerprint density at radius 1 is 0.515 bits per heavy atom. The molecule has 1 aromatic heterocycles. The van der Waals surface area contributed by atoms with Crippen molar-refractivity contribution < 1.29 is 0 Å². The van der Waals surface area contributed by atoms with E-state index < -0.39 is 0 Å². The monoisotopic (exact) mass is 461 g/mol. The van der Waals surface area contributed by atoms with Crippen molar-refractivity contribution in [1.29, 1.82) is 0 Å². The number of fused-ring (bicyclic) bond motifs is 3. The van der Waals surface area contributed by atoms with E-state index in [1.165, 1.54) is 20.2 Å². The van der Waals surface area contributed by atoms with E-state index in [2.05, 4.69) is 108 Å². The predicted octanol–water partition coefficient (Wildman–Crippen LogP) is 9.84. The molecule has 0 aliphatic rings. The molecule has 0 atom stereocenters. The molecule has 158 valence electrons. The van der Waals surface area contributed by atoms with Crippen LogP contribution in [-0.4, -0.2) is 0 Å². The van der Waals surface area contributed by atoms with Gasteiger partial charge in [0.25, 0.3) is 0 Å². The first-order valence-corrected chi connectivity index (χ1v) is 12.1. The molecule has 0 amide bonds. The van der Waals surface area contributed by atoms with Crippen LogP contribution in [0.15, 0.2) is 121 Å². The fourth-order valence-electron chi connectivity index (χ4n) is 4.43. The second kappa shape index (κ2) is 8.40. The fraction of sp³-hybridized carbons (Fsp3) is 0. The van der Waals surface area contributed by atoms with Crippen LogP contribution in [0.2, 0.25) is 5.02 Å². The first-order chi connectivity index (χ1) is 16.3. The zero-order valence-corrected chi connectivity index (χ0v) is 19.4. The molecule has 0 aliphatic carbocycles. The van der Waals surface area contributed by atoms with Crippen LogP contribution in [0.5, 0.6) is 0 Å². The van der Waals surface area contributed by atoms with Gasteiger partial charge in [0.2, 0.25) is 0 Å². The van der Waals surface area contributed by atoms with E-state index in [0.29, 0.717) is 0 Å². The average Bonchev–Trinajstić information content (AvgIpc) is 3.24. The van der Waals surface area contributed by atoms with Gasteiger partial charge >= 0.3 is 0 Å². The highest BCUT2D eigenvalue weighted by atomic mass is 35.5. The Kier molecular flexibility index (Phi) is 5.10. The topological polar surface area (TPSA) is 3.24 Å². The third-order valence-corrected chi connectivity index (χ3v) is 7.42. The molecule has 0 bridgehead atoms. The largest absolute Gasteiger partial charge is 0.310 e. The van der Waals surface area contributed by atoms with Crippen LogP contribution in [0.1, 0.15) is 0 Å². The number of hydrogen-bond acceptors (Lipinski definition) is 2. The molecule has 0 unspecified atom stereocenters. The second-order valence-corrected chi connectivity index (χ2v) is 9.44. The zero-order chi connectivity index (χ0) is 22.2. The van der Waals surface area contributed by atoms with Gasteiger partial charge in [-0.25, -0.2) is 0 Å². The molecule has 0 radical (unpaired) electrons. The summed E-state index contributed by atoms with van der Waals surface area (Å²) in [5.41, 5.74) is 5.45. The van der Waals surface area contributed by atoms with E-state index in [1.807, 2.05) is 29.5 Å². The Morgan fingerprint density at radius 3 is 2.03 bits per heavy atom. The third-order valence-electron chi connectivity index (χ3n) is 5.94. The lowest BCUT2D eigenvalue weighted by atomic mass is 10.0. The van der Waals surface area contributed by atoms with Gasteiger partial charge in [-0.1, -0.05) is 84.4 Å². The van der Waals surface area contributed by atoms with E-state index in [1.54, 1.807) is 0 Å². The van der Waals surface area contributed by atoms with Crippen molar-refractivity contribution in [1.82, 2.24) is 0 Å². The lowest BCUT2D eigenvalue weighted by molar-refractivity contribution is 1.29. The van der Waals surface area contributed by atoms with Crippen LogP contribution in [-0.2, 0) is 0 Å². The highest BCUT2D eigenvalue weighted by molar-refractivity contribution is 7.25. The minimum Gasteiger partial charge on any atom is -0.310 e. The lowest BCUT2D eigenvalue weighted by Gasteiger charge is -2.28. The maximum atomic E-state index is 6.64. The van der Waals surface area contributed by atoms with Crippen LogP contribution in [0.3, 0.4) is 0 Å². The minimum atomic E-state index is 0.747. The van der Waals surface area contributed by atoms with E-state index in [4.69, 9.17) is 11.6 Å². The number of nitrogens with zero attached hydrogens (tertiary/aromatic N) is 1. The Labute approximate surface area is 202 Å². The highest BCUT2D eigenvalue weighted by Gasteiger charge is 2.18. The lowest BCUT2D eigenvalue weighted by Crippen LogP contribution is -2.11. The first kappa shape index (κ1) is 20.0. The smallest absolute Gasteiger partial charge is 0.0540 e. The quantitative estimate of drug-likeness (QED) is 0.252. The summed E-state index contributed by atoms with van der Waals surface area (Å²) in [5, 5.41) is 3.33. The summed E-state index contributed by atoms with van der Waals surface area (Å²) in [5.74, 6) is 0. The number of anilines is 3. The molecule has 0 saturated carbocycles. The van der Waals surface area contributed by atoms with Gasteiger partial charge < -0.3 is 4.90 Å². The van der Waals surface area contributed by atoms with Gasteiger partial charge in [0, 0.05) is 47.7 Å². The van der Waals surface area contributed by atoms with Crippen molar-refractivity contribution in [2.75, 3.05) is 4.90 Å². The molecule has 0 N–H and O–H groups in total. The number of halogens is 1. The molecule has 6 rings (SSSR count). The van der Waals surface area contributed by atoms with Crippen LogP contribution >= 0.6 is 22.9 Å². The molecule has 6 aromatic rings. The van der Waals surface area contributed by atoms with Crippen LogP contribution in [0.25, 0.3) is 31.3 Å². The van der Waals surface area contributed by atoms with E-state index >= 15 is 0 Å². The Hall–Kier alpha value is -3.59. The standard InChI is InChI=1S/C30H20ClNS/c31-27-15-7-4-12-23(27)24-13-5-8-16-28(24)32(21-10-2-1-3-11-21)22-18-19-30-26(20-22)25-14-6-9-17-29(25)33-30/h1-20H. The van der Waals surface area contributed by atoms with Gasteiger partial charge in [0.15, 0.2) is 0 Å². The van der Waals surface area contributed by atoms with E-state index in [-0.39, 0.29) is 0 Å². The van der Waals surface area contributed by atoms with Crippen molar-refractivity contribution in [3.63, 3.8) is 0 Å². The Morgan fingerprint density at radius 2 is 1.18 bits per heavy atom. The van der Waals surface area contributed by atoms with Crippen molar-refractivity contribution in [2.45, 2.75) is 0 Å². The van der Waals surface area contributed by atoms with Gasteiger partial charge in [-0.3, -0.25) is 0 Å². The molecule has 0 spiro atoms. The first-order valence-electron chi connectivity index (χ1n) is 10.9. The number of hydrogen-bond donors (Lipinski definition) is 0. The molecule has 33 heavy (non-hydrogen) atoms. The maximum absolute atomic E-state index is 6.64. The molecular weight excluding hydrogens is 442 g/mol. The molecule has 1 nitrogen and oxygen atoms in total. The summed E-state index contributed by atoms with van der Waals surface area (Å²) in [6.07, 6.45) is 0. The molecule has 1 heterocycles. The Balaban J connectivity index is 1.62. The predicted molar refractivity (Wildman–Crippen MR) is 144 cm³/mol. The number of thiophene rings is 1. The molecule has 0 aliphatic heterocycles. The molecule has 0 saturated heterocycles. The SMILES string of the molecule is Clc1ccccc1-c1ccccc1N(c1ccccc1)c1ccc2sc3ccccc3c2c1. The summed E-state index contributed by atoms with van der Waals surface area (Å²) in [6, 6.07) is 42.4. The van der Waals surface area contributed by atoms with Crippen LogP contribution in [0, 0.1) is 0 Å². The van der Waals surface area contributed by atoms with Gasteiger partial charge in [0.05, 0.1) is 5.69 Å². The average molecular weight is 462 g/mol. The highest BCUT2D eigenvalue weighted by Crippen LogP contribution is 2.44. The van der Waals surface area contributed by atoms with Crippen molar-refractivity contribution in [3.05, 3.63) is 126 Å². The van der Waals surface area contributed by atoms with E-state index in [9.17, 15) is 0 Å². The fourth-order valence-corrected chi connectivity index (χ4v) is 5.76. The van der Waals surface area contributed by atoms with Crippen LogP contribution in [0.4, 0.5) is 17.1 Å². The van der Waals surface area contributed by atoms with Gasteiger partial charge in [0.1, 0.15) is 0 Å². The summed E-state index contributed by atoms with van der Waals surface area (Å²) < 4.78 is 2.61. The van der Waals surface area contributed by atoms with Gasteiger partial charge in [-0.15, -0.1) is 11.3 Å². The molecular formula is C30H20ClNS. The maximum Gasteiger partial charge on any atom is 0.0540 e. The second-order valence-electron chi connectivity index (χ2n) is 7.95. The summed E-state index contributed by atoms with van der Waals surface area (Å²) >= 11 is 8.48. The molecule has 3 heteroatoms. The van der Waals surface area contributed by atoms with Crippen molar-refractivity contribution in [2.24, 2.45) is 0 Å². The van der Waals surface area contributed by atoms with Crippen molar-refractivity contribution in [3.8, 4) is 11.1 Å². The summed E-state index contributed by atoms with van der Waals surface area (Å²) in [4.78, 5) is 2.32. The Bertz CT molecular complexity index is 1590. The summed E-state index contributed by atoms with van der Waals surface area (Å²) in [7, 11) is 0. The zero-order valence-electron chi connectivity index (χ0n) is 17.8. The van der Waals surface area contributed by atoms with Crippen molar-refractivity contribution >= 4 is 60.2 Å². The number of rotatable bonds is 4. The van der Waals surface area contributed by atoms with E-state index in [0.717, 1.165) is 33.2 Å². The normalized spacial score (nSPS) is 11.2.